The molecule has 9 nitrogen and oxygen atoms in total. The second-order valence-corrected chi connectivity index (χ2v) is 8.10. The lowest BCUT2D eigenvalue weighted by Gasteiger charge is -2.07. The molecule has 1 aliphatic rings. The van der Waals surface area contributed by atoms with Gasteiger partial charge in [-0.3, -0.25) is 19.2 Å². The van der Waals surface area contributed by atoms with E-state index in [1.165, 1.54) is 18.2 Å². The summed E-state index contributed by atoms with van der Waals surface area (Å²) in [7, 11) is 0. The third kappa shape index (κ3) is 5.89. The molecule has 0 radical (unpaired) electrons. The van der Waals surface area contributed by atoms with Gasteiger partial charge in [0.25, 0.3) is 11.8 Å². The minimum Gasteiger partial charge on any atom is -0.481 e. The third-order valence-corrected chi connectivity index (χ3v) is 5.56. The summed E-state index contributed by atoms with van der Waals surface area (Å²) in [6, 6.07) is 4.04. The van der Waals surface area contributed by atoms with E-state index in [-0.39, 0.29) is 30.4 Å². The third-order valence-electron chi connectivity index (χ3n) is 5.56. The largest absolute Gasteiger partial charge is 0.481 e. The number of carboxylic acid groups (broad SMARTS) is 1. The number of benzene rings is 1. The van der Waals surface area contributed by atoms with Crippen LogP contribution in [0.4, 0.5) is 10.1 Å². The Hall–Kier alpha value is -3.95. The van der Waals surface area contributed by atoms with Gasteiger partial charge in [-0.25, -0.2) is 4.39 Å². The predicted molar refractivity (Wildman–Crippen MR) is 125 cm³/mol. The SMILES string of the molecule is Cc1[nH]c(/C=C2\C(=O)Nc3ccc(F)cc32)c(C)c1C(=O)NCC(=O)NCCCCCC(=O)O. The lowest BCUT2D eigenvalue weighted by atomic mass is 10.0. The summed E-state index contributed by atoms with van der Waals surface area (Å²) in [4.78, 5) is 50.6. The molecule has 0 fully saturated rings. The molecule has 2 aromatic rings. The summed E-state index contributed by atoms with van der Waals surface area (Å²) in [6.07, 6.45) is 3.58. The van der Waals surface area contributed by atoms with Gasteiger partial charge in [0.15, 0.2) is 0 Å². The number of amides is 3. The van der Waals surface area contributed by atoms with Gasteiger partial charge in [0.2, 0.25) is 5.91 Å². The number of fused-ring (bicyclic) bond motifs is 1. The highest BCUT2D eigenvalue weighted by Crippen LogP contribution is 2.34. The van der Waals surface area contributed by atoms with E-state index in [2.05, 4.69) is 20.9 Å². The van der Waals surface area contributed by atoms with Gasteiger partial charge >= 0.3 is 5.97 Å². The first-order chi connectivity index (χ1) is 16.2. The Morgan fingerprint density at radius 2 is 1.88 bits per heavy atom. The maximum absolute atomic E-state index is 13.7. The van der Waals surface area contributed by atoms with E-state index < -0.39 is 17.7 Å². The van der Waals surface area contributed by atoms with Crippen LogP contribution in [0.5, 0.6) is 0 Å². The quantitative estimate of drug-likeness (QED) is 0.268. The molecule has 1 aliphatic heterocycles. The first kappa shape index (κ1) is 24.7. The van der Waals surface area contributed by atoms with E-state index in [1.807, 2.05) is 0 Å². The van der Waals surface area contributed by atoms with Crippen molar-refractivity contribution in [2.75, 3.05) is 18.4 Å². The molecule has 180 valence electrons. The Balaban J connectivity index is 1.60. The maximum Gasteiger partial charge on any atom is 0.303 e. The average molecular weight is 471 g/mol. The van der Waals surface area contributed by atoms with Crippen LogP contribution in [0.1, 0.15) is 58.6 Å². The molecule has 0 saturated heterocycles. The van der Waals surface area contributed by atoms with Crippen molar-refractivity contribution in [1.82, 2.24) is 15.6 Å². The van der Waals surface area contributed by atoms with Gasteiger partial charge in [-0.2, -0.15) is 0 Å². The molecular weight excluding hydrogens is 443 g/mol. The molecule has 0 unspecified atom stereocenters. The summed E-state index contributed by atoms with van der Waals surface area (Å²) < 4.78 is 13.7. The zero-order chi connectivity index (χ0) is 24.8. The van der Waals surface area contributed by atoms with Crippen molar-refractivity contribution < 1.29 is 28.7 Å². The molecule has 5 N–H and O–H groups in total. The fraction of sp³-hybridized carbons (Fsp3) is 0.333. The molecule has 34 heavy (non-hydrogen) atoms. The Bertz CT molecular complexity index is 1170. The molecule has 3 rings (SSSR count). The highest BCUT2D eigenvalue weighted by atomic mass is 19.1. The maximum atomic E-state index is 13.7. The predicted octanol–water partition coefficient (Wildman–Crippen LogP) is 2.75. The summed E-state index contributed by atoms with van der Waals surface area (Å²) in [5.41, 5.74) is 3.32. The zero-order valence-corrected chi connectivity index (χ0v) is 19.0. The van der Waals surface area contributed by atoms with Crippen molar-refractivity contribution in [3.8, 4) is 0 Å². The van der Waals surface area contributed by atoms with Crippen LogP contribution in [-0.4, -0.2) is 46.9 Å². The minimum absolute atomic E-state index is 0.103. The number of carbonyl (C=O) groups excluding carboxylic acids is 3. The lowest BCUT2D eigenvalue weighted by Crippen LogP contribution is -2.37. The molecule has 0 spiro atoms. The molecule has 0 atom stereocenters. The van der Waals surface area contributed by atoms with E-state index in [9.17, 15) is 23.6 Å². The van der Waals surface area contributed by atoms with E-state index in [0.29, 0.717) is 59.6 Å². The smallest absolute Gasteiger partial charge is 0.303 e. The minimum atomic E-state index is -0.841. The van der Waals surface area contributed by atoms with Crippen LogP contribution in [0.2, 0.25) is 0 Å². The molecule has 1 aromatic heterocycles. The molecule has 0 bridgehead atoms. The highest BCUT2D eigenvalue weighted by Gasteiger charge is 2.26. The van der Waals surface area contributed by atoms with Crippen molar-refractivity contribution in [3.05, 3.63) is 52.1 Å². The zero-order valence-electron chi connectivity index (χ0n) is 19.0. The number of H-pyrrole nitrogens is 1. The number of aliphatic carboxylic acids is 1. The molecule has 0 saturated carbocycles. The molecule has 1 aromatic carbocycles. The van der Waals surface area contributed by atoms with Gasteiger partial charge in [0.05, 0.1) is 17.7 Å². The first-order valence-corrected chi connectivity index (χ1v) is 11.0. The van der Waals surface area contributed by atoms with Crippen molar-refractivity contribution in [2.24, 2.45) is 0 Å². The van der Waals surface area contributed by atoms with E-state index in [1.54, 1.807) is 19.9 Å². The van der Waals surface area contributed by atoms with Crippen LogP contribution in [0.3, 0.4) is 0 Å². The second-order valence-electron chi connectivity index (χ2n) is 8.10. The topological polar surface area (TPSA) is 140 Å². The number of anilines is 1. The number of aromatic amines is 1. The Kier molecular flexibility index (Phi) is 7.83. The number of aromatic nitrogens is 1. The van der Waals surface area contributed by atoms with Crippen molar-refractivity contribution in [3.63, 3.8) is 0 Å². The summed E-state index contributed by atoms with van der Waals surface area (Å²) in [6.45, 7) is 3.63. The molecule has 0 aliphatic carbocycles. The average Bonchev–Trinajstić information content (AvgIpc) is 3.23. The van der Waals surface area contributed by atoms with Crippen LogP contribution in [0.15, 0.2) is 18.2 Å². The van der Waals surface area contributed by atoms with Crippen LogP contribution in [0, 0.1) is 19.7 Å². The molecule has 10 heteroatoms. The number of hydrogen-bond acceptors (Lipinski definition) is 4. The normalized spacial score (nSPS) is 13.5. The van der Waals surface area contributed by atoms with E-state index >= 15 is 0 Å². The Labute approximate surface area is 195 Å². The van der Waals surface area contributed by atoms with Gasteiger partial charge < -0.3 is 26.0 Å². The number of hydrogen-bond donors (Lipinski definition) is 5. The number of nitrogens with one attached hydrogen (secondary N) is 4. The second kappa shape index (κ2) is 10.8. The van der Waals surface area contributed by atoms with Crippen LogP contribution in [-0.2, 0) is 14.4 Å². The fourth-order valence-electron chi connectivity index (χ4n) is 3.82. The van der Waals surface area contributed by atoms with Gasteiger partial charge in [-0.1, -0.05) is 6.42 Å². The molecular formula is C24H27FN4O5. The van der Waals surface area contributed by atoms with Crippen LogP contribution >= 0.6 is 0 Å². The Morgan fingerprint density at radius 3 is 2.62 bits per heavy atom. The van der Waals surface area contributed by atoms with Crippen LogP contribution < -0.4 is 16.0 Å². The van der Waals surface area contributed by atoms with Crippen molar-refractivity contribution in [2.45, 2.75) is 39.5 Å². The van der Waals surface area contributed by atoms with E-state index in [0.717, 1.165) is 0 Å². The number of halogens is 1. The van der Waals surface area contributed by atoms with Gasteiger partial charge in [0.1, 0.15) is 5.82 Å². The molecule has 2 heterocycles. The number of unbranched alkanes of at least 4 members (excludes halogenated alkanes) is 2. The number of carboxylic acids is 1. The van der Waals surface area contributed by atoms with E-state index in [4.69, 9.17) is 5.11 Å². The first-order valence-electron chi connectivity index (χ1n) is 11.0. The van der Waals surface area contributed by atoms with Gasteiger partial charge in [-0.05, 0) is 56.5 Å². The monoisotopic (exact) mass is 470 g/mol. The number of carbonyl (C=O) groups is 4. The summed E-state index contributed by atoms with van der Waals surface area (Å²) >= 11 is 0. The van der Waals surface area contributed by atoms with Gasteiger partial charge in [0, 0.05) is 35.6 Å². The summed E-state index contributed by atoms with van der Waals surface area (Å²) in [5.74, 6) is -2.44. The standard InChI is InChI=1S/C24H27FN4O5/c1-13-19(11-17-16-10-15(25)7-8-18(16)29-23(17)33)28-14(2)22(13)24(34)27-12-20(30)26-9-5-3-4-6-21(31)32/h7-8,10-11,28H,3-6,9,12H2,1-2H3,(H,26,30)(H,27,34)(H,29,33)(H,31,32)/b17-11-. The Morgan fingerprint density at radius 1 is 1.12 bits per heavy atom. The fourth-order valence-corrected chi connectivity index (χ4v) is 3.82. The van der Waals surface area contributed by atoms with Crippen LogP contribution in [0.25, 0.3) is 11.6 Å². The van der Waals surface area contributed by atoms with Crippen molar-refractivity contribution in [1.29, 1.82) is 0 Å². The molecule has 3 amide bonds. The number of aryl methyl sites for hydroxylation is 1. The lowest BCUT2D eigenvalue weighted by molar-refractivity contribution is -0.137. The van der Waals surface area contributed by atoms with Gasteiger partial charge in [-0.15, -0.1) is 0 Å². The van der Waals surface area contributed by atoms with Crippen molar-refractivity contribution >= 4 is 41.0 Å². The summed E-state index contributed by atoms with van der Waals surface area (Å²) in [5, 5.41) is 16.6. The number of rotatable bonds is 10. The highest BCUT2D eigenvalue weighted by molar-refractivity contribution is 6.34.